The number of thiophene rings is 1. The minimum atomic E-state index is 0.567. The molecule has 2 heterocycles. The normalized spacial score (nSPS) is 10.6. The quantitative estimate of drug-likeness (QED) is 0.660. The standard InChI is InChI=1S/C14H9ClN2S2/c15-12-7-6-11(19-12)10-8-13(18)17-14(16-10)9-4-2-1-3-5-9/h1-8H,(H,16,17,18). The van der Waals surface area contributed by atoms with Crippen LogP contribution in [0.5, 0.6) is 0 Å². The molecule has 0 aliphatic heterocycles. The zero-order chi connectivity index (χ0) is 13.2. The van der Waals surface area contributed by atoms with Crippen molar-refractivity contribution in [1.29, 1.82) is 0 Å². The van der Waals surface area contributed by atoms with Gasteiger partial charge in [0.05, 0.1) is 14.9 Å². The van der Waals surface area contributed by atoms with Crippen LogP contribution in [0.4, 0.5) is 0 Å². The predicted molar refractivity (Wildman–Crippen MR) is 83.2 cm³/mol. The Bertz CT molecular complexity index is 762. The summed E-state index contributed by atoms with van der Waals surface area (Å²) in [7, 11) is 0. The topological polar surface area (TPSA) is 28.7 Å². The molecule has 2 nitrogen and oxygen atoms in total. The summed E-state index contributed by atoms with van der Waals surface area (Å²) >= 11 is 12.7. The highest BCUT2D eigenvalue weighted by molar-refractivity contribution is 7.71. The van der Waals surface area contributed by atoms with Gasteiger partial charge in [-0.2, -0.15) is 0 Å². The summed E-state index contributed by atoms with van der Waals surface area (Å²) in [5, 5.41) is 0. The predicted octanol–water partition coefficient (Wildman–Crippen LogP) is 5.19. The molecule has 0 saturated heterocycles. The Morgan fingerprint density at radius 2 is 1.89 bits per heavy atom. The minimum Gasteiger partial charge on any atom is -0.338 e. The number of aromatic amines is 1. The molecule has 1 N–H and O–H groups in total. The first kappa shape index (κ1) is 12.5. The van der Waals surface area contributed by atoms with Crippen molar-refractivity contribution in [2.24, 2.45) is 0 Å². The molecule has 0 amide bonds. The first-order valence-corrected chi connectivity index (χ1v) is 7.25. The molecule has 3 aromatic rings. The molecule has 0 aliphatic carbocycles. The van der Waals surface area contributed by atoms with Crippen LogP contribution < -0.4 is 0 Å². The van der Waals surface area contributed by atoms with Gasteiger partial charge in [0.1, 0.15) is 10.5 Å². The number of halogens is 1. The van der Waals surface area contributed by atoms with Crippen LogP contribution >= 0.6 is 35.2 Å². The Labute approximate surface area is 124 Å². The lowest BCUT2D eigenvalue weighted by Crippen LogP contribution is -1.91. The molecular weight excluding hydrogens is 296 g/mol. The molecule has 1 aromatic carbocycles. The lowest BCUT2D eigenvalue weighted by atomic mass is 10.2. The van der Waals surface area contributed by atoms with Crippen LogP contribution in [0.15, 0.2) is 48.5 Å². The van der Waals surface area contributed by atoms with E-state index in [1.807, 2.05) is 48.5 Å². The van der Waals surface area contributed by atoms with Gasteiger partial charge in [0.25, 0.3) is 0 Å². The number of rotatable bonds is 2. The number of benzene rings is 1. The maximum absolute atomic E-state index is 5.97. The number of nitrogens with zero attached hydrogens (tertiary/aromatic N) is 1. The molecular formula is C14H9ClN2S2. The Morgan fingerprint density at radius 3 is 2.58 bits per heavy atom. The van der Waals surface area contributed by atoms with Crippen molar-refractivity contribution in [2.45, 2.75) is 0 Å². The largest absolute Gasteiger partial charge is 0.338 e. The van der Waals surface area contributed by atoms with Crippen LogP contribution in [0.2, 0.25) is 4.34 Å². The summed E-state index contributed by atoms with van der Waals surface area (Å²) in [5.41, 5.74) is 1.95. The fourth-order valence-corrected chi connectivity index (χ4v) is 3.01. The second-order valence-corrected chi connectivity index (χ2v) is 6.08. The average Bonchev–Trinajstić information content (AvgIpc) is 2.86. The SMILES string of the molecule is S=c1cc(-c2ccc(Cl)s2)[nH]c(-c2ccccc2)n1. The first-order chi connectivity index (χ1) is 9.22. The third-order valence-electron chi connectivity index (χ3n) is 2.63. The number of aromatic nitrogens is 2. The van der Waals surface area contributed by atoms with E-state index in [1.54, 1.807) is 0 Å². The molecule has 0 unspecified atom stereocenters. The number of hydrogen-bond donors (Lipinski definition) is 1. The van der Waals surface area contributed by atoms with Crippen LogP contribution in [0, 0.1) is 4.64 Å². The summed E-state index contributed by atoms with van der Waals surface area (Å²) in [6.07, 6.45) is 0. The van der Waals surface area contributed by atoms with Crippen LogP contribution in [-0.4, -0.2) is 9.97 Å². The van der Waals surface area contributed by atoms with Gasteiger partial charge < -0.3 is 4.98 Å². The highest BCUT2D eigenvalue weighted by Gasteiger charge is 2.06. The molecule has 3 rings (SSSR count). The molecule has 0 atom stereocenters. The zero-order valence-electron chi connectivity index (χ0n) is 9.76. The molecule has 94 valence electrons. The summed E-state index contributed by atoms with van der Waals surface area (Å²) in [6, 6.07) is 15.6. The smallest absolute Gasteiger partial charge is 0.139 e. The Hall–Kier alpha value is -1.49. The fraction of sp³-hybridized carbons (Fsp3) is 0. The van der Waals surface area contributed by atoms with Gasteiger partial charge in [-0.3, -0.25) is 0 Å². The van der Waals surface area contributed by atoms with Crippen molar-refractivity contribution in [1.82, 2.24) is 9.97 Å². The Balaban J connectivity index is 2.14. The molecule has 2 aromatic heterocycles. The van der Waals surface area contributed by atoms with Gasteiger partial charge in [-0.1, -0.05) is 54.2 Å². The summed E-state index contributed by atoms with van der Waals surface area (Å²) < 4.78 is 1.32. The molecule has 19 heavy (non-hydrogen) atoms. The number of H-pyrrole nitrogens is 1. The first-order valence-electron chi connectivity index (χ1n) is 5.65. The second kappa shape index (κ2) is 5.25. The molecule has 0 saturated carbocycles. The van der Waals surface area contributed by atoms with E-state index in [9.17, 15) is 0 Å². The molecule has 0 aliphatic rings. The van der Waals surface area contributed by atoms with Gasteiger partial charge in [0.15, 0.2) is 0 Å². The third-order valence-corrected chi connectivity index (χ3v) is 4.10. The lowest BCUT2D eigenvalue weighted by Gasteiger charge is -2.04. The highest BCUT2D eigenvalue weighted by atomic mass is 35.5. The third kappa shape index (κ3) is 2.76. The van der Waals surface area contributed by atoms with Crippen molar-refractivity contribution in [3.05, 3.63) is 57.5 Å². The Morgan fingerprint density at radius 1 is 1.11 bits per heavy atom. The van der Waals surface area contributed by atoms with E-state index in [0.29, 0.717) is 4.64 Å². The highest BCUT2D eigenvalue weighted by Crippen LogP contribution is 2.30. The van der Waals surface area contributed by atoms with Crippen molar-refractivity contribution in [2.75, 3.05) is 0 Å². The average molecular weight is 305 g/mol. The summed E-state index contributed by atoms with van der Waals surface area (Å²) in [6.45, 7) is 0. The van der Waals surface area contributed by atoms with Crippen LogP contribution in [0.3, 0.4) is 0 Å². The summed E-state index contributed by atoms with van der Waals surface area (Å²) in [4.78, 5) is 8.72. The van der Waals surface area contributed by atoms with Crippen molar-refractivity contribution in [3.63, 3.8) is 0 Å². The van der Waals surface area contributed by atoms with Crippen molar-refractivity contribution >= 4 is 35.2 Å². The summed E-state index contributed by atoms with van der Waals surface area (Å²) in [5.74, 6) is 0.771. The van der Waals surface area contributed by atoms with E-state index in [4.69, 9.17) is 23.8 Å². The Kier molecular flexibility index (Phi) is 3.46. The molecule has 0 radical (unpaired) electrons. The van der Waals surface area contributed by atoms with Crippen molar-refractivity contribution < 1.29 is 0 Å². The second-order valence-electron chi connectivity index (χ2n) is 3.95. The maximum atomic E-state index is 5.97. The molecule has 0 spiro atoms. The van der Waals surface area contributed by atoms with E-state index in [-0.39, 0.29) is 0 Å². The van der Waals surface area contributed by atoms with E-state index in [2.05, 4.69) is 9.97 Å². The number of hydrogen-bond acceptors (Lipinski definition) is 3. The van der Waals surface area contributed by atoms with E-state index < -0.39 is 0 Å². The number of nitrogens with one attached hydrogen (secondary N) is 1. The minimum absolute atomic E-state index is 0.567. The fourth-order valence-electron chi connectivity index (χ4n) is 1.78. The van der Waals surface area contributed by atoms with Crippen molar-refractivity contribution in [3.8, 4) is 22.0 Å². The van der Waals surface area contributed by atoms with Gasteiger partial charge in [-0.05, 0) is 18.2 Å². The maximum Gasteiger partial charge on any atom is 0.139 e. The van der Waals surface area contributed by atoms with Gasteiger partial charge >= 0.3 is 0 Å². The molecule has 0 fully saturated rings. The lowest BCUT2D eigenvalue weighted by molar-refractivity contribution is 1.17. The van der Waals surface area contributed by atoms with Crippen LogP contribution in [-0.2, 0) is 0 Å². The van der Waals surface area contributed by atoms with Crippen LogP contribution in [0.25, 0.3) is 22.0 Å². The van der Waals surface area contributed by atoms with Gasteiger partial charge in [0.2, 0.25) is 0 Å². The zero-order valence-corrected chi connectivity index (χ0v) is 12.1. The monoisotopic (exact) mass is 304 g/mol. The van der Waals surface area contributed by atoms with Gasteiger partial charge in [-0.25, -0.2) is 4.98 Å². The van der Waals surface area contributed by atoms with E-state index in [0.717, 1.165) is 26.3 Å². The molecule has 5 heteroatoms. The van der Waals surface area contributed by atoms with Gasteiger partial charge in [0, 0.05) is 5.56 Å². The molecule has 0 bridgehead atoms. The van der Waals surface area contributed by atoms with E-state index >= 15 is 0 Å². The van der Waals surface area contributed by atoms with E-state index in [1.165, 1.54) is 11.3 Å². The van der Waals surface area contributed by atoms with Gasteiger partial charge in [-0.15, -0.1) is 11.3 Å². The van der Waals surface area contributed by atoms with Crippen LogP contribution in [0.1, 0.15) is 0 Å².